The second kappa shape index (κ2) is 5.61. The first-order chi connectivity index (χ1) is 9.19. The van der Waals surface area contributed by atoms with Gasteiger partial charge >= 0.3 is 0 Å². The van der Waals surface area contributed by atoms with Gasteiger partial charge in [-0.3, -0.25) is 4.90 Å². The Bertz CT molecular complexity index is 407. The Morgan fingerprint density at radius 3 is 2.79 bits per heavy atom. The predicted octanol–water partition coefficient (Wildman–Crippen LogP) is 1.54. The van der Waals surface area contributed by atoms with Crippen LogP contribution in [0.4, 0.5) is 0 Å². The third-order valence-electron chi connectivity index (χ3n) is 3.80. The molecule has 2 atom stereocenters. The molecule has 2 aliphatic heterocycles. The fraction of sp³-hybridized carbons (Fsp3) is 0.786. The van der Waals surface area contributed by atoms with E-state index in [1.807, 2.05) is 0 Å². The van der Waals surface area contributed by atoms with Gasteiger partial charge in [0.15, 0.2) is 5.76 Å². The van der Waals surface area contributed by atoms with Gasteiger partial charge in [0.2, 0.25) is 0 Å². The lowest BCUT2D eigenvalue weighted by molar-refractivity contribution is -0.0431. The monoisotopic (exact) mass is 265 g/mol. The number of likely N-dealkylation sites (tertiary alicyclic amines) is 1. The van der Waals surface area contributed by atoms with Gasteiger partial charge in [-0.05, 0) is 12.8 Å². The van der Waals surface area contributed by atoms with E-state index in [9.17, 15) is 0 Å². The van der Waals surface area contributed by atoms with Crippen LogP contribution >= 0.6 is 0 Å². The lowest BCUT2D eigenvalue weighted by Gasteiger charge is -2.31. The minimum absolute atomic E-state index is 0.434. The Morgan fingerprint density at radius 1 is 1.37 bits per heavy atom. The molecule has 1 aromatic heterocycles. The van der Waals surface area contributed by atoms with Crippen LogP contribution < -0.4 is 5.32 Å². The zero-order valence-corrected chi connectivity index (χ0v) is 11.8. The lowest BCUT2D eigenvalue weighted by Crippen LogP contribution is -2.41. The van der Waals surface area contributed by atoms with E-state index in [2.05, 4.69) is 35.3 Å². The van der Waals surface area contributed by atoms with Gasteiger partial charge in [-0.25, -0.2) is 0 Å². The summed E-state index contributed by atoms with van der Waals surface area (Å²) in [6, 6.07) is 2.53. The van der Waals surface area contributed by atoms with Crippen LogP contribution in [0.3, 0.4) is 0 Å². The number of morpholine rings is 1. The fourth-order valence-corrected chi connectivity index (χ4v) is 2.87. The van der Waals surface area contributed by atoms with Crippen molar-refractivity contribution in [2.75, 3.05) is 13.1 Å². The van der Waals surface area contributed by atoms with E-state index in [1.165, 1.54) is 12.8 Å². The van der Waals surface area contributed by atoms with Crippen molar-refractivity contribution >= 4 is 0 Å². The molecular formula is C14H23N3O2. The van der Waals surface area contributed by atoms with Gasteiger partial charge in [-0.1, -0.05) is 19.0 Å². The molecule has 1 aromatic rings. The Hall–Kier alpha value is -0.910. The molecule has 0 amide bonds. The molecule has 1 N–H and O–H groups in total. The van der Waals surface area contributed by atoms with Crippen molar-refractivity contribution in [2.45, 2.75) is 58.0 Å². The summed E-state index contributed by atoms with van der Waals surface area (Å²) >= 11 is 0. The van der Waals surface area contributed by atoms with Crippen LogP contribution in [-0.2, 0) is 17.8 Å². The van der Waals surface area contributed by atoms with Crippen molar-refractivity contribution in [2.24, 2.45) is 0 Å². The number of rotatable bonds is 5. The van der Waals surface area contributed by atoms with Gasteiger partial charge in [-0.2, -0.15) is 0 Å². The van der Waals surface area contributed by atoms with E-state index in [4.69, 9.17) is 9.26 Å². The van der Waals surface area contributed by atoms with Crippen molar-refractivity contribution in [3.05, 3.63) is 17.5 Å². The third-order valence-corrected chi connectivity index (χ3v) is 3.80. The van der Waals surface area contributed by atoms with Crippen LogP contribution in [0.15, 0.2) is 10.6 Å². The number of ether oxygens (including phenoxy) is 1. The molecule has 0 saturated carbocycles. The van der Waals surface area contributed by atoms with Gasteiger partial charge < -0.3 is 14.6 Å². The van der Waals surface area contributed by atoms with Crippen LogP contribution in [0.2, 0.25) is 0 Å². The van der Waals surface area contributed by atoms with Crippen molar-refractivity contribution in [1.82, 2.24) is 15.4 Å². The SMILES string of the molecule is CC(C)NCc1cc(CN2CC3CCC(C2)O3)on1. The van der Waals surface area contributed by atoms with E-state index < -0.39 is 0 Å². The number of nitrogens with zero attached hydrogens (tertiary/aromatic N) is 2. The average molecular weight is 265 g/mol. The lowest BCUT2D eigenvalue weighted by atomic mass is 10.2. The first-order valence-corrected chi connectivity index (χ1v) is 7.24. The van der Waals surface area contributed by atoms with Crippen molar-refractivity contribution in [3.8, 4) is 0 Å². The predicted molar refractivity (Wildman–Crippen MR) is 71.7 cm³/mol. The highest BCUT2D eigenvalue weighted by Gasteiger charge is 2.33. The molecule has 2 fully saturated rings. The van der Waals surface area contributed by atoms with E-state index >= 15 is 0 Å². The van der Waals surface area contributed by atoms with E-state index in [0.717, 1.165) is 37.6 Å². The molecule has 0 spiro atoms. The molecule has 2 bridgehead atoms. The van der Waals surface area contributed by atoms with E-state index in [0.29, 0.717) is 18.2 Å². The van der Waals surface area contributed by atoms with E-state index in [1.54, 1.807) is 0 Å². The summed E-state index contributed by atoms with van der Waals surface area (Å²) in [7, 11) is 0. The van der Waals surface area contributed by atoms with Crippen LogP contribution in [0.1, 0.15) is 38.1 Å². The minimum atomic E-state index is 0.434. The number of aromatic nitrogens is 1. The van der Waals surface area contributed by atoms with Crippen molar-refractivity contribution < 1.29 is 9.26 Å². The maximum absolute atomic E-state index is 5.84. The number of nitrogens with one attached hydrogen (secondary N) is 1. The summed E-state index contributed by atoms with van der Waals surface area (Å²) in [5.74, 6) is 0.960. The highest BCUT2D eigenvalue weighted by Crippen LogP contribution is 2.27. The molecule has 2 saturated heterocycles. The molecule has 5 nitrogen and oxygen atoms in total. The Kier molecular flexibility index (Phi) is 3.86. The Balaban J connectivity index is 1.52. The Labute approximate surface area is 114 Å². The molecule has 3 heterocycles. The molecule has 0 aliphatic carbocycles. The number of hydrogen-bond acceptors (Lipinski definition) is 5. The zero-order valence-electron chi connectivity index (χ0n) is 11.8. The normalized spacial score (nSPS) is 27.3. The van der Waals surface area contributed by atoms with Gasteiger partial charge in [0.25, 0.3) is 0 Å². The zero-order chi connectivity index (χ0) is 13.2. The van der Waals surface area contributed by atoms with Crippen molar-refractivity contribution in [1.29, 1.82) is 0 Å². The molecule has 5 heteroatoms. The number of hydrogen-bond donors (Lipinski definition) is 1. The molecule has 2 aliphatic rings. The summed E-state index contributed by atoms with van der Waals surface area (Å²) in [4.78, 5) is 2.42. The van der Waals surface area contributed by atoms with Gasteiger partial charge in [0, 0.05) is 31.7 Å². The first kappa shape index (κ1) is 13.1. The van der Waals surface area contributed by atoms with Crippen molar-refractivity contribution in [3.63, 3.8) is 0 Å². The number of fused-ring (bicyclic) bond motifs is 2. The average Bonchev–Trinajstić information content (AvgIpc) is 2.94. The molecule has 0 radical (unpaired) electrons. The standard InChI is InChI=1S/C14H23N3O2/c1-10(2)15-6-11-5-14(19-16-11)9-17-7-12-3-4-13(8-17)18-12/h5,10,12-13,15H,3-4,6-9H2,1-2H3. The topological polar surface area (TPSA) is 50.5 Å². The molecule has 0 aromatic carbocycles. The second-order valence-electron chi connectivity index (χ2n) is 5.97. The molecular weight excluding hydrogens is 242 g/mol. The highest BCUT2D eigenvalue weighted by molar-refractivity contribution is 5.05. The minimum Gasteiger partial charge on any atom is -0.372 e. The molecule has 2 unspecified atom stereocenters. The molecule has 3 rings (SSSR count). The third kappa shape index (κ3) is 3.35. The van der Waals surface area contributed by atoms with Crippen LogP contribution in [0, 0.1) is 0 Å². The van der Waals surface area contributed by atoms with Crippen LogP contribution in [0.25, 0.3) is 0 Å². The summed E-state index contributed by atoms with van der Waals surface area (Å²) in [5, 5.41) is 7.46. The molecule has 106 valence electrons. The summed E-state index contributed by atoms with van der Waals surface area (Å²) in [6.45, 7) is 7.93. The summed E-state index contributed by atoms with van der Waals surface area (Å²) in [5.41, 5.74) is 0.986. The smallest absolute Gasteiger partial charge is 0.151 e. The Morgan fingerprint density at radius 2 is 2.11 bits per heavy atom. The summed E-state index contributed by atoms with van der Waals surface area (Å²) < 4.78 is 11.3. The maximum atomic E-state index is 5.84. The van der Waals surface area contributed by atoms with Gasteiger partial charge in [0.05, 0.1) is 24.4 Å². The first-order valence-electron chi connectivity index (χ1n) is 7.24. The van der Waals surface area contributed by atoms with Gasteiger partial charge in [-0.15, -0.1) is 0 Å². The second-order valence-corrected chi connectivity index (χ2v) is 5.97. The van der Waals surface area contributed by atoms with E-state index in [-0.39, 0.29) is 0 Å². The molecule has 19 heavy (non-hydrogen) atoms. The van der Waals surface area contributed by atoms with Crippen LogP contribution in [0.5, 0.6) is 0 Å². The maximum Gasteiger partial charge on any atom is 0.151 e. The van der Waals surface area contributed by atoms with Gasteiger partial charge in [0.1, 0.15) is 0 Å². The van der Waals surface area contributed by atoms with Crippen LogP contribution in [-0.4, -0.2) is 41.4 Å². The summed E-state index contributed by atoms with van der Waals surface area (Å²) in [6.07, 6.45) is 3.29. The quantitative estimate of drug-likeness (QED) is 0.875. The largest absolute Gasteiger partial charge is 0.372 e. The fourth-order valence-electron chi connectivity index (χ4n) is 2.87. The highest BCUT2D eigenvalue weighted by atomic mass is 16.5.